The molecule has 0 fully saturated rings. The van der Waals surface area contributed by atoms with Gasteiger partial charge in [0.15, 0.2) is 0 Å². The fourth-order valence-electron chi connectivity index (χ4n) is 4.04. The summed E-state index contributed by atoms with van der Waals surface area (Å²) in [6.07, 6.45) is 3.71. The van der Waals surface area contributed by atoms with Gasteiger partial charge in [0.1, 0.15) is 16.6 Å². The van der Waals surface area contributed by atoms with Crippen LogP contribution in [0.25, 0.3) is 0 Å². The van der Waals surface area contributed by atoms with Crippen LogP contribution in [0, 0.1) is 11.7 Å². The third-order valence-corrected chi connectivity index (χ3v) is 7.16. The van der Waals surface area contributed by atoms with Crippen molar-refractivity contribution in [3.63, 3.8) is 0 Å². The van der Waals surface area contributed by atoms with Crippen molar-refractivity contribution < 1.29 is 33.0 Å². The second kappa shape index (κ2) is 12.4. The molecular formula is C28H26FN3O6S. The molecule has 1 aliphatic carbocycles. The lowest BCUT2D eigenvalue weighted by atomic mass is 9.88. The van der Waals surface area contributed by atoms with Crippen molar-refractivity contribution >= 4 is 46.3 Å². The van der Waals surface area contributed by atoms with E-state index in [0.717, 1.165) is 29.3 Å². The molecule has 1 heterocycles. The third-order valence-electron chi connectivity index (χ3n) is 5.99. The Balaban J connectivity index is 1.35. The van der Waals surface area contributed by atoms with Crippen LogP contribution >= 0.6 is 11.3 Å². The van der Waals surface area contributed by atoms with Gasteiger partial charge in [0.2, 0.25) is 0 Å². The molecule has 0 radical (unpaired) electrons. The summed E-state index contributed by atoms with van der Waals surface area (Å²) in [4.78, 5) is 50.6. The molecule has 0 bridgehead atoms. The van der Waals surface area contributed by atoms with Gasteiger partial charge in [-0.1, -0.05) is 19.1 Å². The van der Waals surface area contributed by atoms with Gasteiger partial charge in [-0.2, -0.15) is 5.10 Å². The van der Waals surface area contributed by atoms with Gasteiger partial charge in [-0.25, -0.2) is 19.4 Å². The minimum atomic E-state index is -1.02. The number of nitrogens with zero attached hydrogens (tertiary/aromatic N) is 1. The topological polar surface area (TPSA) is 123 Å². The van der Waals surface area contributed by atoms with E-state index in [4.69, 9.17) is 9.47 Å². The summed E-state index contributed by atoms with van der Waals surface area (Å²) in [5, 5.41) is 6.61. The SMILES string of the molecule is CCOC(=O)c1c(NC(=O)C(=O)NN=Cc2ccc(OC(=O)c3ccccc3F)cc2)sc2c1CCC(C)C2. The van der Waals surface area contributed by atoms with Crippen LogP contribution in [0.15, 0.2) is 53.6 Å². The number of ether oxygens (including phenoxy) is 2. The number of fused-ring (bicyclic) bond motifs is 1. The summed E-state index contributed by atoms with van der Waals surface area (Å²) in [6, 6.07) is 11.6. The molecule has 1 atom stereocenters. The molecule has 0 aliphatic heterocycles. The van der Waals surface area contributed by atoms with Crippen molar-refractivity contribution in [1.82, 2.24) is 5.43 Å². The van der Waals surface area contributed by atoms with Gasteiger partial charge in [0.05, 0.1) is 23.9 Å². The van der Waals surface area contributed by atoms with Crippen molar-refractivity contribution in [2.75, 3.05) is 11.9 Å². The van der Waals surface area contributed by atoms with E-state index in [1.807, 2.05) is 0 Å². The summed E-state index contributed by atoms with van der Waals surface area (Å²) in [7, 11) is 0. The number of rotatable bonds is 7. The number of amides is 2. The summed E-state index contributed by atoms with van der Waals surface area (Å²) >= 11 is 1.28. The number of esters is 2. The summed E-state index contributed by atoms with van der Waals surface area (Å²) in [5.41, 5.74) is 3.68. The van der Waals surface area contributed by atoms with Crippen LogP contribution in [0.4, 0.5) is 9.39 Å². The number of benzene rings is 2. The van der Waals surface area contributed by atoms with Gasteiger partial charge in [-0.3, -0.25) is 9.59 Å². The van der Waals surface area contributed by atoms with Crippen LogP contribution < -0.4 is 15.5 Å². The molecule has 2 N–H and O–H groups in total. The number of hydrazone groups is 1. The number of nitrogens with one attached hydrogen (secondary N) is 2. The highest BCUT2D eigenvalue weighted by molar-refractivity contribution is 7.17. The quantitative estimate of drug-likeness (QED) is 0.147. The highest BCUT2D eigenvalue weighted by atomic mass is 32.1. The molecule has 39 heavy (non-hydrogen) atoms. The normalized spacial score (nSPS) is 14.4. The van der Waals surface area contributed by atoms with E-state index in [1.54, 1.807) is 19.1 Å². The first-order valence-electron chi connectivity index (χ1n) is 12.3. The molecule has 1 unspecified atom stereocenters. The largest absolute Gasteiger partial charge is 0.462 e. The lowest BCUT2D eigenvalue weighted by Crippen LogP contribution is -2.32. The van der Waals surface area contributed by atoms with E-state index >= 15 is 0 Å². The fourth-order valence-corrected chi connectivity index (χ4v) is 5.44. The van der Waals surface area contributed by atoms with E-state index in [0.29, 0.717) is 23.5 Å². The second-order valence-electron chi connectivity index (χ2n) is 8.87. The Morgan fingerprint density at radius 1 is 1.08 bits per heavy atom. The van der Waals surface area contributed by atoms with Crippen molar-refractivity contribution in [3.05, 3.63) is 81.5 Å². The highest BCUT2D eigenvalue weighted by Gasteiger charge is 2.30. The molecule has 4 rings (SSSR count). The van der Waals surface area contributed by atoms with Gasteiger partial charge >= 0.3 is 23.8 Å². The Morgan fingerprint density at radius 3 is 2.54 bits per heavy atom. The number of hydrogen-bond acceptors (Lipinski definition) is 8. The molecule has 0 spiro atoms. The molecule has 1 aromatic heterocycles. The Labute approximate surface area is 228 Å². The van der Waals surface area contributed by atoms with Crippen LogP contribution in [0.3, 0.4) is 0 Å². The Hall–Kier alpha value is -4.38. The molecule has 1 aliphatic rings. The molecule has 2 amide bonds. The van der Waals surface area contributed by atoms with E-state index in [2.05, 4.69) is 22.8 Å². The minimum absolute atomic E-state index is 0.184. The molecule has 0 saturated carbocycles. The number of carbonyl (C=O) groups is 4. The zero-order valence-electron chi connectivity index (χ0n) is 21.3. The maximum Gasteiger partial charge on any atom is 0.346 e. The monoisotopic (exact) mass is 551 g/mol. The number of carbonyl (C=O) groups excluding carboxylic acids is 4. The Morgan fingerprint density at radius 2 is 1.82 bits per heavy atom. The minimum Gasteiger partial charge on any atom is -0.462 e. The first-order chi connectivity index (χ1) is 18.8. The van der Waals surface area contributed by atoms with E-state index in [-0.39, 0.29) is 22.9 Å². The number of halogens is 1. The first kappa shape index (κ1) is 27.6. The molecule has 0 saturated heterocycles. The second-order valence-corrected chi connectivity index (χ2v) is 9.97. The van der Waals surface area contributed by atoms with Crippen molar-refractivity contribution in [2.24, 2.45) is 11.0 Å². The molecular weight excluding hydrogens is 525 g/mol. The average molecular weight is 552 g/mol. The molecule has 11 heteroatoms. The van der Waals surface area contributed by atoms with Gasteiger partial charge in [-0.15, -0.1) is 11.3 Å². The number of anilines is 1. The maximum atomic E-state index is 13.7. The summed E-state index contributed by atoms with van der Waals surface area (Å²) in [6.45, 7) is 4.02. The average Bonchev–Trinajstić information content (AvgIpc) is 3.26. The van der Waals surface area contributed by atoms with Crippen LogP contribution in [-0.4, -0.2) is 36.6 Å². The molecule has 202 valence electrons. The fraction of sp³-hybridized carbons (Fsp3) is 0.250. The lowest BCUT2D eigenvalue weighted by molar-refractivity contribution is -0.136. The van der Waals surface area contributed by atoms with Crippen LogP contribution in [0.2, 0.25) is 0 Å². The van der Waals surface area contributed by atoms with Gasteiger partial charge in [0, 0.05) is 4.88 Å². The van der Waals surface area contributed by atoms with Crippen molar-refractivity contribution in [2.45, 2.75) is 33.1 Å². The van der Waals surface area contributed by atoms with E-state index in [1.165, 1.54) is 47.9 Å². The zero-order chi connectivity index (χ0) is 27.9. The summed E-state index contributed by atoms with van der Waals surface area (Å²) in [5.74, 6) is -3.39. The molecule has 9 nitrogen and oxygen atoms in total. The predicted molar refractivity (Wildman–Crippen MR) is 144 cm³/mol. The maximum absolute atomic E-state index is 13.7. The standard InChI is InChI=1S/C28H26FN3O6S/c1-3-37-28(36)23-20-13-8-16(2)14-22(20)39-26(23)31-24(33)25(34)32-30-15-17-9-11-18(12-10-17)38-27(35)19-6-4-5-7-21(19)29/h4-7,9-12,15-16H,3,8,13-14H2,1-2H3,(H,31,33)(H,32,34). The van der Waals surface area contributed by atoms with Crippen LogP contribution in [0.5, 0.6) is 5.75 Å². The van der Waals surface area contributed by atoms with Gasteiger partial charge in [-0.05, 0) is 79.6 Å². The predicted octanol–water partition coefficient (Wildman–Crippen LogP) is 4.50. The smallest absolute Gasteiger partial charge is 0.346 e. The summed E-state index contributed by atoms with van der Waals surface area (Å²) < 4.78 is 24.1. The Kier molecular flexibility index (Phi) is 8.82. The lowest BCUT2D eigenvalue weighted by Gasteiger charge is -2.18. The van der Waals surface area contributed by atoms with E-state index < -0.39 is 29.6 Å². The van der Waals surface area contributed by atoms with Crippen LogP contribution in [-0.2, 0) is 27.2 Å². The first-order valence-corrected chi connectivity index (χ1v) is 13.1. The van der Waals surface area contributed by atoms with E-state index in [9.17, 15) is 23.6 Å². The number of hydrogen-bond donors (Lipinski definition) is 2. The van der Waals surface area contributed by atoms with Crippen molar-refractivity contribution in [3.8, 4) is 5.75 Å². The van der Waals surface area contributed by atoms with Gasteiger partial charge < -0.3 is 14.8 Å². The molecule has 3 aromatic rings. The van der Waals surface area contributed by atoms with Crippen molar-refractivity contribution in [1.29, 1.82) is 0 Å². The third kappa shape index (κ3) is 6.74. The molecule has 2 aromatic carbocycles. The Bertz CT molecular complexity index is 1430. The number of thiophene rings is 1. The zero-order valence-corrected chi connectivity index (χ0v) is 22.1. The van der Waals surface area contributed by atoms with Crippen LogP contribution in [0.1, 0.15) is 57.0 Å². The highest BCUT2D eigenvalue weighted by Crippen LogP contribution is 2.40. The van der Waals surface area contributed by atoms with Gasteiger partial charge in [0.25, 0.3) is 0 Å².